The molecule has 2 N–H and O–H groups in total. The lowest BCUT2D eigenvalue weighted by atomic mass is 10.2. The SMILES string of the molecule is Cc1ccc(NC(=O)CS[C@@H](C)C(=O)Nc2ccccc2C)cc1. The second kappa shape index (κ2) is 8.55. The van der Waals surface area contributed by atoms with Gasteiger partial charge in [-0.05, 0) is 44.5 Å². The summed E-state index contributed by atoms with van der Waals surface area (Å²) in [5.74, 6) is 0.0211. The average molecular weight is 342 g/mol. The van der Waals surface area contributed by atoms with Crippen molar-refractivity contribution in [3.8, 4) is 0 Å². The molecule has 4 nitrogen and oxygen atoms in total. The standard InChI is InChI=1S/C19H22N2O2S/c1-13-8-10-16(11-9-13)20-18(22)12-24-15(3)19(23)21-17-7-5-4-6-14(17)2/h4-11,15H,12H2,1-3H3,(H,20,22)(H,21,23)/t15-/m0/s1. The fourth-order valence-corrected chi connectivity index (χ4v) is 2.74. The third-order valence-corrected chi connectivity index (χ3v) is 4.71. The number of rotatable bonds is 6. The molecular weight excluding hydrogens is 320 g/mol. The van der Waals surface area contributed by atoms with Crippen molar-refractivity contribution >= 4 is 35.0 Å². The van der Waals surface area contributed by atoms with Crippen molar-refractivity contribution in [3.05, 3.63) is 59.7 Å². The summed E-state index contributed by atoms with van der Waals surface area (Å²) in [6.45, 7) is 5.75. The van der Waals surface area contributed by atoms with Gasteiger partial charge in [-0.25, -0.2) is 0 Å². The number of thioether (sulfide) groups is 1. The quantitative estimate of drug-likeness (QED) is 0.834. The predicted molar refractivity (Wildman–Crippen MR) is 102 cm³/mol. The molecule has 0 aliphatic carbocycles. The van der Waals surface area contributed by atoms with E-state index < -0.39 is 0 Å². The molecule has 2 rings (SSSR count). The van der Waals surface area contributed by atoms with E-state index in [2.05, 4.69) is 10.6 Å². The first-order valence-electron chi connectivity index (χ1n) is 7.80. The Morgan fingerprint density at radius 2 is 1.67 bits per heavy atom. The molecule has 0 heterocycles. The third kappa shape index (κ3) is 5.42. The minimum Gasteiger partial charge on any atom is -0.325 e. The molecule has 0 aliphatic heterocycles. The van der Waals surface area contributed by atoms with E-state index >= 15 is 0 Å². The van der Waals surface area contributed by atoms with Crippen molar-refractivity contribution in [2.24, 2.45) is 0 Å². The molecule has 24 heavy (non-hydrogen) atoms. The molecule has 0 aromatic heterocycles. The second-order valence-corrected chi connectivity index (χ2v) is 7.00. The molecule has 0 fully saturated rings. The Balaban J connectivity index is 1.80. The van der Waals surface area contributed by atoms with Gasteiger partial charge in [0.1, 0.15) is 0 Å². The Morgan fingerprint density at radius 3 is 2.33 bits per heavy atom. The fraction of sp³-hybridized carbons (Fsp3) is 0.263. The zero-order valence-corrected chi connectivity index (χ0v) is 14.9. The number of hydrogen-bond donors (Lipinski definition) is 2. The van der Waals surface area contributed by atoms with E-state index in [1.807, 2.05) is 62.4 Å². The Labute approximate surface area is 147 Å². The summed E-state index contributed by atoms with van der Waals surface area (Å²) >= 11 is 1.32. The molecule has 2 aromatic rings. The summed E-state index contributed by atoms with van der Waals surface area (Å²) in [5.41, 5.74) is 3.73. The predicted octanol–water partition coefficient (Wildman–Crippen LogP) is 4.00. The first-order chi connectivity index (χ1) is 11.5. The van der Waals surface area contributed by atoms with E-state index in [0.717, 1.165) is 22.5 Å². The Kier molecular flexibility index (Phi) is 6.44. The topological polar surface area (TPSA) is 58.2 Å². The maximum absolute atomic E-state index is 12.2. The minimum atomic E-state index is -0.312. The van der Waals surface area contributed by atoms with Crippen LogP contribution >= 0.6 is 11.8 Å². The van der Waals surface area contributed by atoms with Gasteiger partial charge in [-0.3, -0.25) is 9.59 Å². The van der Waals surface area contributed by atoms with E-state index in [-0.39, 0.29) is 22.8 Å². The van der Waals surface area contributed by atoms with Gasteiger partial charge in [-0.1, -0.05) is 35.9 Å². The molecule has 0 saturated carbocycles. The highest BCUT2D eigenvalue weighted by molar-refractivity contribution is 8.01. The molecule has 2 amide bonds. The van der Waals surface area contributed by atoms with E-state index in [4.69, 9.17) is 0 Å². The van der Waals surface area contributed by atoms with E-state index in [9.17, 15) is 9.59 Å². The van der Waals surface area contributed by atoms with E-state index in [1.165, 1.54) is 11.8 Å². The number of amides is 2. The lowest BCUT2D eigenvalue weighted by molar-refractivity contribution is -0.115. The molecule has 0 radical (unpaired) electrons. The first kappa shape index (κ1) is 18.1. The van der Waals surface area contributed by atoms with Gasteiger partial charge < -0.3 is 10.6 Å². The molecule has 5 heteroatoms. The molecule has 0 bridgehead atoms. The lowest BCUT2D eigenvalue weighted by Gasteiger charge is -2.13. The van der Waals surface area contributed by atoms with Gasteiger partial charge in [-0.15, -0.1) is 11.8 Å². The van der Waals surface area contributed by atoms with Crippen molar-refractivity contribution in [1.82, 2.24) is 0 Å². The fourth-order valence-electron chi connectivity index (χ4n) is 2.06. The number of hydrogen-bond acceptors (Lipinski definition) is 3. The van der Waals surface area contributed by atoms with Gasteiger partial charge >= 0.3 is 0 Å². The van der Waals surface area contributed by atoms with Crippen LogP contribution in [0.1, 0.15) is 18.1 Å². The smallest absolute Gasteiger partial charge is 0.237 e. The van der Waals surface area contributed by atoms with Crippen LogP contribution < -0.4 is 10.6 Å². The summed E-state index contributed by atoms with van der Waals surface area (Å²) in [5, 5.41) is 5.42. The van der Waals surface area contributed by atoms with Crippen molar-refractivity contribution in [1.29, 1.82) is 0 Å². The minimum absolute atomic E-state index is 0.0996. The summed E-state index contributed by atoms with van der Waals surface area (Å²) in [7, 11) is 0. The molecule has 0 saturated heterocycles. The highest BCUT2D eigenvalue weighted by Crippen LogP contribution is 2.17. The largest absolute Gasteiger partial charge is 0.325 e. The van der Waals surface area contributed by atoms with Crippen LogP contribution in [0.15, 0.2) is 48.5 Å². The average Bonchev–Trinajstić information content (AvgIpc) is 2.56. The van der Waals surface area contributed by atoms with E-state index in [0.29, 0.717) is 0 Å². The monoisotopic (exact) mass is 342 g/mol. The molecule has 0 aliphatic rings. The molecule has 126 valence electrons. The van der Waals surface area contributed by atoms with Crippen LogP contribution in [0.5, 0.6) is 0 Å². The first-order valence-corrected chi connectivity index (χ1v) is 8.85. The zero-order chi connectivity index (χ0) is 17.5. The number of para-hydroxylation sites is 1. The molecular formula is C19H22N2O2S. The number of carbonyl (C=O) groups is 2. The van der Waals surface area contributed by atoms with Crippen molar-refractivity contribution in [2.45, 2.75) is 26.0 Å². The van der Waals surface area contributed by atoms with Crippen LogP contribution in [0, 0.1) is 13.8 Å². The Bertz CT molecular complexity index is 714. The maximum Gasteiger partial charge on any atom is 0.237 e. The highest BCUT2D eigenvalue weighted by atomic mass is 32.2. The Morgan fingerprint density at radius 1 is 1.00 bits per heavy atom. The lowest BCUT2D eigenvalue weighted by Crippen LogP contribution is -2.25. The van der Waals surface area contributed by atoms with Crippen molar-refractivity contribution in [2.75, 3.05) is 16.4 Å². The van der Waals surface area contributed by atoms with Gasteiger partial charge in [0, 0.05) is 11.4 Å². The van der Waals surface area contributed by atoms with Gasteiger partial charge in [0.15, 0.2) is 0 Å². The summed E-state index contributed by atoms with van der Waals surface area (Å²) in [4.78, 5) is 24.2. The maximum atomic E-state index is 12.2. The molecule has 0 unspecified atom stereocenters. The third-order valence-electron chi connectivity index (χ3n) is 3.57. The van der Waals surface area contributed by atoms with Crippen molar-refractivity contribution < 1.29 is 9.59 Å². The van der Waals surface area contributed by atoms with Gasteiger partial charge in [0.05, 0.1) is 11.0 Å². The van der Waals surface area contributed by atoms with Crippen LogP contribution in [0.25, 0.3) is 0 Å². The van der Waals surface area contributed by atoms with Crippen LogP contribution in [0.3, 0.4) is 0 Å². The van der Waals surface area contributed by atoms with Crippen molar-refractivity contribution in [3.63, 3.8) is 0 Å². The number of benzene rings is 2. The number of nitrogens with one attached hydrogen (secondary N) is 2. The number of carbonyl (C=O) groups excluding carboxylic acids is 2. The Hall–Kier alpha value is -2.27. The van der Waals surface area contributed by atoms with E-state index in [1.54, 1.807) is 6.92 Å². The number of aryl methyl sites for hydroxylation is 2. The van der Waals surface area contributed by atoms with Gasteiger partial charge in [0.2, 0.25) is 11.8 Å². The van der Waals surface area contributed by atoms with Crippen LogP contribution in [0.4, 0.5) is 11.4 Å². The summed E-state index contributed by atoms with van der Waals surface area (Å²) < 4.78 is 0. The zero-order valence-electron chi connectivity index (χ0n) is 14.1. The highest BCUT2D eigenvalue weighted by Gasteiger charge is 2.16. The molecule has 0 spiro atoms. The van der Waals surface area contributed by atoms with Crippen LogP contribution in [0.2, 0.25) is 0 Å². The van der Waals surface area contributed by atoms with Gasteiger partial charge in [-0.2, -0.15) is 0 Å². The summed E-state index contributed by atoms with van der Waals surface area (Å²) in [6, 6.07) is 15.3. The number of anilines is 2. The van der Waals surface area contributed by atoms with Gasteiger partial charge in [0.25, 0.3) is 0 Å². The normalized spacial score (nSPS) is 11.6. The molecule has 2 aromatic carbocycles. The second-order valence-electron chi connectivity index (χ2n) is 5.67. The van der Waals surface area contributed by atoms with Crippen LogP contribution in [-0.2, 0) is 9.59 Å². The van der Waals surface area contributed by atoms with Crippen LogP contribution in [-0.4, -0.2) is 22.8 Å². The summed E-state index contributed by atoms with van der Waals surface area (Å²) in [6.07, 6.45) is 0. The molecule has 1 atom stereocenters.